The molecule has 0 radical (unpaired) electrons. The minimum atomic E-state index is -0.693. The number of rotatable bonds is 7. The van der Waals surface area contributed by atoms with E-state index in [-0.39, 0.29) is 18.7 Å². The second-order valence-corrected chi connectivity index (χ2v) is 5.94. The SMILES string of the molecule is Cc1ccc(NC(=O)CCC(=O)OCC(=O)NNC(=O)c2ccccc2)cc1. The number of hydrazine groups is 1. The van der Waals surface area contributed by atoms with Gasteiger partial charge in [-0.05, 0) is 31.2 Å². The van der Waals surface area contributed by atoms with Crippen molar-refractivity contribution in [1.82, 2.24) is 10.9 Å². The van der Waals surface area contributed by atoms with Gasteiger partial charge in [0.05, 0.1) is 6.42 Å². The Morgan fingerprint density at radius 2 is 1.50 bits per heavy atom. The summed E-state index contributed by atoms with van der Waals surface area (Å²) in [5.74, 6) is -2.21. The molecule has 2 aromatic rings. The van der Waals surface area contributed by atoms with E-state index in [1.54, 1.807) is 42.5 Å². The van der Waals surface area contributed by atoms with E-state index in [1.165, 1.54) is 0 Å². The van der Waals surface area contributed by atoms with Crippen molar-refractivity contribution >= 4 is 29.4 Å². The Labute approximate surface area is 162 Å². The summed E-state index contributed by atoms with van der Waals surface area (Å²) in [7, 11) is 0. The molecule has 3 amide bonds. The lowest BCUT2D eigenvalue weighted by Gasteiger charge is -2.08. The van der Waals surface area contributed by atoms with Crippen LogP contribution in [0.25, 0.3) is 0 Å². The first kappa shape index (κ1) is 20.6. The lowest BCUT2D eigenvalue weighted by atomic mass is 10.2. The number of ether oxygens (including phenoxy) is 1. The molecule has 0 atom stereocenters. The fraction of sp³-hybridized carbons (Fsp3) is 0.200. The van der Waals surface area contributed by atoms with Gasteiger partial charge in [0.25, 0.3) is 11.8 Å². The minimum Gasteiger partial charge on any atom is -0.455 e. The van der Waals surface area contributed by atoms with Gasteiger partial charge in [0.15, 0.2) is 6.61 Å². The smallest absolute Gasteiger partial charge is 0.306 e. The predicted octanol–water partition coefficient (Wildman–Crippen LogP) is 1.72. The van der Waals surface area contributed by atoms with Crippen LogP contribution < -0.4 is 16.2 Å². The number of benzene rings is 2. The summed E-state index contributed by atoms with van der Waals surface area (Å²) >= 11 is 0. The number of amides is 3. The number of anilines is 1. The van der Waals surface area contributed by atoms with Crippen LogP contribution in [0.5, 0.6) is 0 Å². The molecule has 0 aliphatic heterocycles. The zero-order valence-corrected chi connectivity index (χ0v) is 15.4. The van der Waals surface area contributed by atoms with E-state index in [0.717, 1.165) is 5.56 Å². The second kappa shape index (κ2) is 10.5. The average Bonchev–Trinajstić information content (AvgIpc) is 2.71. The van der Waals surface area contributed by atoms with E-state index < -0.39 is 24.4 Å². The first-order valence-electron chi connectivity index (χ1n) is 8.60. The Morgan fingerprint density at radius 3 is 2.18 bits per heavy atom. The highest BCUT2D eigenvalue weighted by Crippen LogP contribution is 2.09. The highest BCUT2D eigenvalue weighted by Gasteiger charge is 2.12. The third-order valence-electron chi connectivity index (χ3n) is 3.61. The minimum absolute atomic E-state index is 0.0704. The van der Waals surface area contributed by atoms with Crippen LogP contribution in [-0.2, 0) is 19.1 Å². The van der Waals surface area contributed by atoms with E-state index in [9.17, 15) is 19.2 Å². The van der Waals surface area contributed by atoms with Crippen molar-refractivity contribution in [2.75, 3.05) is 11.9 Å². The number of hydrogen-bond acceptors (Lipinski definition) is 5. The van der Waals surface area contributed by atoms with Gasteiger partial charge in [0.2, 0.25) is 5.91 Å². The summed E-state index contributed by atoms with van der Waals surface area (Å²) in [6.45, 7) is 1.37. The van der Waals surface area contributed by atoms with Crippen molar-refractivity contribution in [2.24, 2.45) is 0 Å². The maximum absolute atomic E-state index is 11.8. The monoisotopic (exact) mass is 383 g/mol. The Bertz CT molecular complexity index is 835. The summed E-state index contributed by atoms with van der Waals surface area (Å²) in [6, 6.07) is 15.6. The van der Waals surface area contributed by atoms with Crippen LogP contribution in [0.3, 0.4) is 0 Å². The van der Waals surface area contributed by atoms with E-state index in [2.05, 4.69) is 16.2 Å². The third-order valence-corrected chi connectivity index (χ3v) is 3.61. The number of carbonyl (C=O) groups is 4. The second-order valence-electron chi connectivity index (χ2n) is 5.94. The van der Waals surface area contributed by atoms with Crippen LogP contribution in [0.4, 0.5) is 5.69 Å². The molecular weight excluding hydrogens is 362 g/mol. The molecule has 0 fully saturated rings. The van der Waals surface area contributed by atoms with Gasteiger partial charge in [-0.25, -0.2) is 0 Å². The molecule has 0 saturated carbocycles. The van der Waals surface area contributed by atoms with Crippen molar-refractivity contribution in [2.45, 2.75) is 19.8 Å². The van der Waals surface area contributed by atoms with Gasteiger partial charge in [-0.1, -0.05) is 35.9 Å². The topological polar surface area (TPSA) is 114 Å². The maximum atomic E-state index is 11.8. The van der Waals surface area contributed by atoms with Crippen molar-refractivity contribution in [3.63, 3.8) is 0 Å². The average molecular weight is 383 g/mol. The molecule has 3 N–H and O–H groups in total. The number of carbonyl (C=O) groups excluding carboxylic acids is 4. The Kier molecular flexibility index (Phi) is 7.71. The lowest BCUT2D eigenvalue weighted by molar-refractivity contribution is -0.149. The standard InChI is InChI=1S/C20H21N3O5/c1-14-7-9-16(10-8-14)21-17(24)11-12-19(26)28-13-18(25)22-23-20(27)15-5-3-2-4-6-15/h2-10H,11-13H2,1H3,(H,21,24)(H,22,25)(H,23,27). The molecule has 0 spiro atoms. The van der Waals surface area contributed by atoms with E-state index in [1.807, 2.05) is 19.1 Å². The van der Waals surface area contributed by atoms with Gasteiger partial charge in [-0.3, -0.25) is 30.0 Å². The Balaban J connectivity index is 1.62. The number of aryl methyl sites for hydroxylation is 1. The summed E-state index contributed by atoms with van der Waals surface area (Å²) in [5.41, 5.74) is 6.43. The normalized spacial score (nSPS) is 9.89. The lowest BCUT2D eigenvalue weighted by Crippen LogP contribution is -2.43. The predicted molar refractivity (Wildman–Crippen MR) is 102 cm³/mol. The molecular formula is C20H21N3O5. The molecule has 0 unspecified atom stereocenters. The summed E-state index contributed by atoms with van der Waals surface area (Å²) < 4.78 is 4.78. The van der Waals surface area contributed by atoms with Gasteiger partial charge in [0.1, 0.15) is 0 Å². The zero-order valence-electron chi connectivity index (χ0n) is 15.4. The zero-order chi connectivity index (χ0) is 20.4. The van der Waals surface area contributed by atoms with Crippen molar-refractivity contribution in [3.8, 4) is 0 Å². The Morgan fingerprint density at radius 1 is 0.821 bits per heavy atom. The number of nitrogens with one attached hydrogen (secondary N) is 3. The summed E-state index contributed by atoms with van der Waals surface area (Å²) in [6.07, 6.45) is -0.236. The molecule has 8 nitrogen and oxygen atoms in total. The van der Waals surface area contributed by atoms with Gasteiger partial charge in [-0.2, -0.15) is 0 Å². The van der Waals surface area contributed by atoms with E-state index in [0.29, 0.717) is 11.3 Å². The quantitative estimate of drug-likeness (QED) is 0.498. The van der Waals surface area contributed by atoms with Crippen LogP contribution in [0.1, 0.15) is 28.8 Å². The molecule has 2 rings (SSSR count). The molecule has 0 aliphatic carbocycles. The molecule has 8 heteroatoms. The van der Waals surface area contributed by atoms with Gasteiger partial charge in [-0.15, -0.1) is 0 Å². The van der Waals surface area contributed by atoms with Gasteiger partial charge >= 0.3 is 5.97 Å². The molecule has 2 aromatic carbocycles. The fourth-order valence-electron chi connectivity index (χ4n) is 2.12. The third kappa shape index (κ3) is 7.28. The first-order valence-corrected chi connectivity index (χ1v) is 8.60. The maximum Gasteiger partial charge on any atom is 0.306 e. The van der Waals surface area contributed by atoms with Crippen molar-refractivity contribution in [1.29, 1.82) is 0 Å². The molecule has 0 saturated heterocycles. The Hall–Kier alpha value is -3.68. The molecule has 0 aromatic heterocycles. The van der Waals surface area contributed by atoms with Crippen LogP contribution in [0.2, 0.25) is 0 Å². The molecule has 0 aliphatic rings. The molecule has 0 bridgehead atoms. The van der Waals surface area contributed by atoms with Crippen LogP contribution in [0, 0.1) is 6.92 Å². The largest absolute Gasteiger partial charge is 0.455 e. The molecule has 28 heavy (non-hydrogen) atoms. The van der Waals surface area contributed by atoms with E-state index in [4.69, 9.17) is 4.74 Å². The van der Waals surface area contributed by atoms with Gasteiger partial charge < -0.3 is 10.1 Å². The van der Waals surface area contributed by atoms with Crippen LogP contribution in [-0.4, -0.2) is 30.3 Å². The van der Waals surface area contributed by atoms with E-state index >= 15 is 0 Å². The number of hydrogen-bond donors (Lipinski definition) is 3. The highest BCUT2D eigenvalue weighted by molar-refractivity contribution is 5.95. The highest BCUT2D eigenvalue weighted by atomic mass is 16.5. The van der Waals surface area contributed by atoms with Crippen molar-refractivity contribution in [3.05, 3.63) is 65.7 Å². The summed E-state index contributed by atoms with van der Waals surface area (Å²) in [4.78, 5) is 46.8. The first-order chi connectivity index (χ1) is 13.4. The van der Waals surface area contributed by atoms with Crippen LogP contribution >= 0.6 is 0 Å². The number of esters is 1. The van der Waals surface area contributed by atoms with Crippen LogP contribution in [0.15, 0.2) is 54.6 Å². The van der Waals surface area contributed by atoms with Crippen molar-refractivity contribution < 1.29 is 23.9 Å². The summed E-state index contributed by atoms with van der Waals surface area (Å²) in [5, 5.41) is 2.66. The molecule has 146 valence electrons. The molecule has 0 heterocycles. The fourth-order valence-corrected chi connectivity index (χ4v) is 2.12. The van der Waals surface area contributed by atoms with Gasteiger partial charge in [0, 0.05) is 17.7 Å².